The van der Waals surface area contributed by atoms with Crippen LogP contribution in [0.2, 0.25) is 5.02 Å². The number of likely N-dealkylation sites (N-methyl/N-ethyl adjacent to an activating group) is 1. The molecule has 13 heavy (non-hydrogen) atoms. The first-order chi connectivity index (χ1) is 6.24. The van der Waals surface area contributed by atoms with Gasteiger partial charge in [0.25, 0.3) is 0 Å². The molecule has 0 saturated carbocycles. The molecule has 4 heteroatoms. The summed E-state index contributed by atoms with van der Waals surface area (Å²) in [6.45, 7) is 0.461. The van der Waals surface area contributed by atoms with Crippen LogP contribution in [0.1, 0.15) is 11.6 Å². The molecule has 0 spiro atoms. The van der Waals surface area contributed by atoms with Gasteiger partial charge in [-0.05, 0) is 13.1 Å². The second-order valence-electron chi connectivity index (χ2n) is 2.93. The maximum atomic E-state index is 13.3. The third-order valence-electron chi connectivity index (χ3n) is 2.20. The molecule has 2 nitrogen and oxygen atoms in total. The van der Waals surface area contributed by atoms with E-state index >= 15 is 0 Å². The van der Waals surface area contributed by atoms with Gasteiger partial charge < -0.3 is 10.1 Å². The molecule has 0 saturated heterocycles. The molecule has 1 aliphatic heterocycles. The molecule has 0 amide bonds. The Kier molecular flexibility index (Phi) is 2.14. The van der Waals surface area contributed by atoms with Crippen LogP contribution in [0.15, 0.2) is 12.1 Å². The zero-order valence-electron chi connectivity index (χ0n) is 7.10. The highest BCUT2D eigenvalue weighted by Gasteiger charge is 2.26. The van der Waals surface area contributed by atoms with Crippen molar-refractivity contribution in [1.82, 2.24) is 5.32 Å². The standard InChI is InChI=1S/C9H9ClFNO/c1-12-7-4-13-9-5(7)2-3-6(10)8(9)11/h2-3,7,12H,4H2,1H3. The number of fused-ring (bicyclic) bond motifs is 1. The van der Waals surface area contributed by atoms with Gasteiger partial charge in [0.2, 0.25) is 0 Å². The number of rotatable bonds is 1. The molecule has 0 radical (unpaired) electrons. The first kappa shape index (κ1) is 8.78. The van der Waals surface area contributed by atoms with Crippen LogP contribution in [0.25, 0.3) is 0 Å². The minimum atomic E-state index is -0.461. The lowest BCUT2D eigenvalue weighted by atomic mass is 10.1. The zero-order chi connectivity index (χ0) is 9.42. The molecular formula is C9H9ClFNO. The van der Waals surface area contributed by atoms with Gasteiger partial charge in [-0.2, -0.15) is 0 Å². The Morgan fingerprint density at radius 3 is 3.08 bits per heavy atom. The van der Waals surface area contributed by atoms with Gasteiger partial charge in [0.15, 0.2) is 11.6 Å². The average Bonchev–Trinajstić information content (AvgIpc) is 2.55. The normalized spacial score (nSPS) is 19.8. The van der Waals surface area contributed by atoms with Crippen LogP contribution in [-0.4, -0.2) is 13.7 Å². The van der Waals surface area contributed by atoms with Crippen molar-refractivity contribution in [2.24, 2.45) is 0 Å². The van der Waals surface area contributed by atoms with Crippen molar-refractivity contribution in [3.63, 3.8) is 0 Å². The smallest absolute Gasteiger partial charge is 0.183 e. The van der Waals surface area contributed by atoms with E-state index in [0.29, 0.717) is 6.61 Å². The summed E-state index contributed by atoms with van der Waals surface area (Å²) in [6, 6.07) is 3.41. The van der Waals surface area contributed by atoms with E-state index in [0.717, 1.165) is 5.56 Å². The van der Waals surface area contributed by atoms with Crippen molar-refractivity contribution in [3.8, 4) is 5.75 Å². The molecule has 1 unspecified atom stereocenters. The maximum Gasteiger partial charge on any atom is 0.183 e. The molecule has 0 aromatic heterocycles. The summed E-state index contributed by atoms with van der Waals surface area (Å²) in [5, 5.41) is 3.14. The number of benzene rings is 1. The minimum absolute atomic E-state index is 0.0711. The lowest BCUT2D eigenvalue weighted by Crippen LogP contribution is -2.16. The van der Waals surface area contributed by atoms with Crippen molar-refractivity contribution < 1.29 is 9.13 Å². The Hall–Kier alpha value is -0.800. The highest BCUT2D eigenvalue weighted by atomic mass is 35.5. The van der Waals surface area contributed by atoms with Gasteiger partial charge in [-0.25, -0.2) is 4.39 Å². The third kappa shape index (κ3) is 1.28. The molecule has 70 valence electrons. The van der Waals surface area contributed by atoms with Crippen molar-refractivity contribution >= 4 is 11.6 Å². The largest absolute Gasteiger partial charge is 0.488 e. The predicted molar refractivity (Wildman–Crippen MR) is 48.7 cm³/mol. The van der Waals surface area contributed by atoms with Crippen molar-refractivity contribution in [2.45, 2.75) is 6.04 Å². The fraction of sp³-hybridized carbons (Fsp3) is 0.333. The van der Waals surface area contributed by atoms with Gasteiger partial charge >= 0.3 is 0 Å². The van der Waals surface area contributed by atoms with Crippen molar-refractivity contribution in [2.75, 3.05) is 13.7 Å². The number of hydrogen-bond donors (Lipinski definition) is 1. The molecule has 0 bridgehead atoms. The van der Waals surface area contributed by atoms with Gasteiger partial charge in [-0.15, -0.1) is 0 Å². The van der Waals surface area contributed by atoms with E-state index in [1.807, 2.05) is 7.05 Å². The van der Waals surface area contributed by atoms with Gasteiger partial charge in [-0.3, -0.25) is 0 Å². The van der Waals surface area contributed by atoms with E-state index in [-0.39, 0.29) is 16.8 Å². The second kappa shape index (κ2) is 3.16. The Labute approximate surface area is 80.7 Å². The summed E-state index contributed by atoms with van der Waals surface area (Å²) in [5.41, 5.74) is 0.837. The van der Waals surface area contributed by atoms with Crippen molar-refractivity contribution in [1.29, 1.82) is 0 Å². The Morgan fingerprint density at radius 1 is 1.62 bits per heavy atom. The van der Waals surface area contributed by atoms with E-state index in [1.165, 1.54) is 0 Å². The molecule has 1 aromatic rings. The Balaban J connectivity index is 2.50. The summed E-state index contributed by atoms with van der Waals surface area (Å²) >= 11 is 5.61. The molecule has 0 fully saturated rings. The highest BCUT2D eigenvalue weighted by molar-refractivity contribution is 6.30. The number of halogens is 2. The van der Waals surface area contributed by atoms with Crippen LogP contribution >= 0.6 is 11.6 Å². The van der Waals surface area contributed by atoms with E-state index in [1.54, 1.807) is 12.1 Å². The van der Waals surface area contributed by atoms with Gasteiger partial charge in [0.05, 0.1) is 11.1 Å². The SMILES string of the molecule is CNC1COc2c1ccc(Cl)c2F. The molecule has 1 atom stereocenters. The quantitative estimate of drug-likeness (QED) is 0.752. The van der Waals surface area contributed by atoms with Crippen LogP contribution in [0.4, 0.5) is 4.39 Å². The minimum Gasteiger partial charge on any atom is -0.488 e. The topological polar surface area (TPSA) is 21.3 Å². The molecule has 2 rings (SSSR count). The van der Waals surface area contributed by atoms with Crippen LogP contribution in [0.5, 0.6) is 5.75 Å². The lowest BCUT2D eigenvalue weighted by molar-refractivity contribution is 0.306. The van der Waals surface area contributed by atoms with E-state index in [9.17, 15) is 4.39 Å². The Bertz CT molecular complexity index is 343. The van der Waals surface area contributed by atoms with Gasteiger partial charge in [0, 0.05) is 5.56 Å². The molecular weight excluding hydrogens is 193 g/mol. The summed E-state index contributed by atoms with van der Waals surface area (Å²) in [5.74, 6) is -0.177. The molecule has 1 aromatic carbocycles. The fourth-order valence-corrected chi connectivity index (χ4v) is 1.61. The highest BCUT2D eigenvalue weighted by Crippen LogP contribution is 2.37. The summed E-state index contributed by atoms with van der Waals surface area (Å²) in [6.07, 6.45) is 0. The average molecular weight is 202 g/mol. The predicted octanol–water partition coefficient (Wildman–Crippen LogP) is 2.13. The fourth-order valence-electron chi connectivity index (χ4n) is 1.46. The third-order valence-corrected chi connectivity index (χ3v) is 2.49. The van der Waals surface area contributed by atoms with Crippen LogP contribution in [0, 0.1) is 5.82 Å². The van der Waals surface area contributed by atoms with Crippen LogP contribution < -0.4 is 10.1 Å². The number of ether oxygens (including phenoxy) is 1. The number of nitrogens with one attached hydrogen (secondary N) is 1. The monoisotopic (exact) mass is 201 g/mol. The van der Waals surface area contributed by atoms with Crippen LogP contribution in [0.3, 0.4) is 0 Å². The Morgan fingerprint density at radius 2 is 2.38 bits per heavy atom. The van der Waals surface area contributed by atoms with Gasteiger partial charge in [0.1, 0.15) is 6.61 Å². The molecule has 1 heterocycles. The summed E-state index contributed by atoms with van der Waals surface area (Å²) in [7, 11) is 1.82. The first-order valence-corrected chi connectivity index (χ1v) is 4.40. The number of hydrogen-bond acceptors (Lipinski definition) is 2. The van der Waals surface area contributed by atoms with E-state index in [2.05, 4.69) is 5.32 Å². The van der Waals surface area contributed by atoms with E-state index in [4.69, 9.17) is 16.3 Å². The second-order valence-corrected chi connectivity index (χ2v) is 3.34. The summed E-state index contributed by atoms with van der Waals surface area (Å²) in [4.78, 5) is 0. The lowest BCUT2D eigenvalue weighted by Gasteiger charge is -2.05. The molecule has 0 aliphatic carbocycles. The van der Waals surface area contributed by atoms with Crippen LogP contribution in [-0.2, 0) is 0 Å². The molecule has 1 N–H and O–H groups in total. The first-order valence-electron chi connectivity index (χ1n) is 4.02. The maximum absolute atomic E-state index is 13.3. The van der Waals surface area contributed by atoms with E-state index < -0.39 is 5.82 Å². The van der Waals surface area contributed by atoms with Gasteiger partial charge in [-0.1, -0.05) is 17.7 Å². The zero-order valence-corrected chi connectivity index (χ0v) is 7.86. The summed E-state index contributed by atoms with van der Waals surface area (Å²) < 4.78 is 18.5. The molecule has 1 aliphatic rings. The van der Waals surface area contributed by atoms with Crippen molar-refractivity contribution in [3.05, 3.63) is 28.5 Å².